The first-order valence-corrected chi connectivity index (χ1v) is 8.59. The molecule has 0 radical (unpaired) electrons. The van der Waals surface area contributed by atoms with E-state index >= 15 is 0 Å². The number of methoxy groups -OCH3 is 1. The molecule has 0 spiro atoms. The molecule has 28 heavy (non-hydrogen) atoms. The molecule has 5 heteroatoms. The molecule has 0 aliphatic rings. The van der Waals surface area contributed by atoms with Gasteiger partial charge in [-0.25, -0.2) is 0 Å². The maximum absolute atomic E-state index is 9.06. The molecule has 1 aromatic heterocycles. The minimum absolute atomic E-state index is 0.577. The van der Waals surface area contributed by atoms with Gasteiger partial charge in [0, 0.05) is 22.2 Å². The van der Waals surface area contributed by atoms with Gasteiger partial charge >= 0.3 is 0 Å². The van der Waals surface area contributed by atoms with E-state index in [1.807, 2.05) is 36.4 Å². The predicted octanol–water partition coefficient (Wildman–Crippen LogP) is 5.38. The van der Waals surface area contributed by atoms with Crippen LogP contribution in [0.3, 0.4) is 0 Å². The van der Waals surface area contributed by atoms with Gasteiger partial charge in [0.2, 0.25) is 0 Å². The average molecular weight is 365 g/mol. The van der Waals surface area contributed by atoms with E-state index in [0.29, 0.717) is 28.4 Å². The number of nitrogens with zero attached hydrogens (tertiary/aromatic N) is 2. The van der Waals surface area contributed by atoms with Gasteiger partial charge in [0.05, 0.1) is 30.4 Å². The molecule has 0 atom stereocenters. The Morgan fingerprint density at radius 3 is 2.25 bits per heavy atom. The lowest BCUT2D eigenvalue weighted by Gasteiger charge is -2.11. The van der Waals surface area contributed by atoms with Crippen LogP contribution >= 0.6 is 0 Å². The minimum atomic E-state index is 0.577. The number of rotatable bonds is 4. The quantitative estimate of drug-likeness (QED) is 0.526. The molecule has 1 N–H and O–H groups in total. The largest absolute Gasteiger partial charge is 0.493 e. The van der Waals surface area contributed by atoms with E-state index in [4.69, 9.17) is 20.0 Å². The molecule has 0 saturated heterocycles. The highest BCUT2D eigenvalue weighted by Gasteiger charge is 2.11. The Labute approximate surface area is 162 Å². The number of ether oxygens (including phenoxy) is 2. The summed E-state index contributed by atoms with van der Waals surface area (Å²) in [5.74, 6) is 1.80. The minimum Gasteiger partial charge on any atom is -0.493 e. The lowest BCUT2D eigenvalue weighted by Crippen LogP contribution is -1.91. The lowest BCUT2D eigenvalue weighted by atomic mass is 10.1. The van der Waals surface area contributed by atoms with Crippen LogP contribution in [0.15, 0.2) is 66.7 Å². The second kappa shape index (κ2) is 7.19. The topological polar surface area (TPSA) is 81.8 Å². The SMILES string of the molecule is COc1cc(-c2cc3ccc(C#N)cc3[nH]2)ccc1Oc1ccc(C#N)cc1. The zero-order chi connectivity index (χ0) is 19.5. The number of fused-ring (bicyclic) bond motifs is 1. The molecule has 4 aromatic rings. The Morgan fingerprint density at radius 1 is 0.786 bits per heavy atom. The summed E-state index contributed by atoms with van der Waals surface area (Å²) < 4.78 is 11.4. The number of nitriles is 2. The molecule has 0 unspecified atom stereocenters. The van der Waals surface area contributed by atoms with Crippen molar-refractivity contribution in [2.75, 3.05) is 7.11 Å². The highest BCUT2D eigenvalue weighted by Crippen LogP contribution is 2.36. The first-order valence-electron chi connectivity index (χ1n) is 8.59. The Hall–Kier alpha value is -4.22. The van der Waals surface area contributed by atoms with E-state index in [1.165, 1.54) is 0 Å². The molecule has 0 fully saturated rings. The van der Waals surface area contributed by atoms with Gasteiger partial charge in [-0.05, 0) is 60.7 Å². The highest BCUT2D eigenvalue weighted by molar-refractivity contribution is 5.87. The number of nitrogens with one attached hydrogen (secondary N) is 1. The van der Waals surface area contributed by atoms with Gasteiger partial charge in [-0.1, -0.05) is 6.07 Å². The van der Waals surface area contributed by atoms with Gasteiger partial charge in [-0.2, -0.15) is 10.5 Å². The molecular weight excluding hydrogens is 350 g/mol. The van der Waals surface area contributed by atoms with E-state index < -0.39 is 0 Å². The van der Waals surface area contributed by atoms with Crippen molar-refractivity contribution >= 4 is 10.9 Å². The molecule has 0 saturated carbocycles. The lowest BCUT2D eigenvalue weighted by molar-refractivity contribution is 0.379. The number of hydrogen-bond acceptors (Lipinski definition) is 4. The van der Waals surface area contributed by atoms with E-state index in [-0.39, 0.29) is 0 Å². The van der Waals surface area contributed by atoms with Crippen LogP contribution in [-0.4, -0.2) is 12.1 Å². The van der Waals surface area contributed by atoms with Crippen LogP contribution in [0.4, 0.5) is 0 Å². The van der Waals surface area contributed by atoms with Gasteiger partial charge in [-0.3, -0.25) is 0 Å². The van der Waals surface area contributed by atoms with E-state index in [9.17, 15) is 0 Å². The molecule has 5 nitrogen and oxygen atoms in total. The van der Waals surface area contributed by atoms with Crippen LogP contribution in [0.1, 0.15) is 11.1 Å². The van der Waals surface area contributed by atoms with Crippen LogP contribution in [0, 0.1) is 22.7 Å². The van der Waals surface area contributed by atoms with Gasteiger partial charge in [0.15, 0.2) is 11.5 Å². The van der Waals surface area contributed by atoms with Gasteiger partial charge in [-0.15, -0.1) is 0 Å². The summed E-state index contributed by atoms with van der Waals surface area (Å²) in [4.78, 5) is 3.34. The van der Waals surface area contributed by atoms with Crippen molar-refractivity contribution in [2.24, 2.45) is 0 Å². The van der Waals surface area contributed by atoms with Crippen LogP contribution < -0.4 is 9.47 Å². The summed E-state index contributed by atoms with van der Waals surface area (Å²) in [6.45, 7) is 0. The molecule has 3 aromatic carbocycles. The van der Waals surface area contributed by atoms with Gasteiger partial charge in [0.25, 0.3) is 0 Å². The smallest absolute Gasteiger partial charge is 0.169 e. The highest BCUT2D eigenvalue weighted by atomic mass is 16.5. The first-order chi connectivity index (χ1) is 13.7. The van der Waals surface area contributed by atoms with Crippen molar-refractivity contribution in [2.45, 2.75) is 0 Å². The summed E-state index contributed by atoms with van der Waals surface area (Å²) in [5.41, 5.74) is 3.97. The first kappa shape index (κ1) is 17.2. The molecule has 0 bridgehead atoms. The zero-order valence-corrected chi connectivity index (χ0v) is 15.1. The van der Waals surface area contributed by atoms with Crippen LogP contribution in [0.2, 0.25) is 0 Å². The van der Waals surface area contributed by atoms with Gasteiger partial charge < -0.3 is 14.5 Å². The molecule has 1 heterocycles. The van der Waals surface area contributed by atoms with Crippen molar-refractivity contribution in [3.8, 4) is 40.6 Å². The summed E-state index contributed by atoms with van der Waals surface area (Å²) in [6, 6.07) is 24.4. The Morgan fingerprint density at radius 2 is 1.54 bits per heavy atom. The fourth-order valence-corrected chi connectivity index (χ4v) is 3.00. The summed E-state index contributed by atoms with van der Waals surface area (Å²) in [7, 11) is 1.59. The number of aromatic amines is 1. The van der Waals surface area contributed by atoms with Crippen LogP contribution in [0.25, 0.3) is 22.2 Å². The third-order valence-corrected chi connectivity index (χ3v) is 4.44. The van der Waals surface area contributed by atoms with Crippen molar-refractivity contribution in [3.05, 3.63) is 77.9 Å². The van der Waals surface area contributed by atoms with E-state index in [2.05, 4.69) is 17.1 Å². The molecule has 0 amide bonds. The monoisotopic (exact) mass is 365 g/mol. The summed E-state index contributed by atoms with van der Waals surface area (Å²) >= 11 is 0. The zero-order valence-electron chi connectivity index (χ0n) is 15.1. The fourth-order valence-electron chi connectivity index (χ4n) is 3.00. The molecular formula is C23H15N3O2. The van der Waals surface area contributed by atoms with E-state index in [0.717, 1.165) is 22.2 Å². The Kier molecular flexibility index (Phi) is 4.42. The second-order valence-corrected chi connectivity index (χ2v) is 6.20. The van der Waals surface area contributed by atoms with Crippen molar-refractivity contribution in [3.63, 3.8) is 0 Å². The Bertz CT molecular complexity index is 1240. The molecule has 4 rings (SSSR count). The number of benzene rings is 3. The maximum atomic E-state index is 9.06. The third kappa shape index (κ3) is 3.25. The van der Waals surface area contributed by atoms with Crippen LogP contribution in [-0.2, 0) is 0 Å². The van der Waals surface area contributed by atoms with Crippen LogP contribution in [0.5, 0.6) is 17.2 Å². The van der Waals surface area contributed by atoms with Crippen molar-refractivity contribution < 1.29 is 9.47 Å². The standard InChI is InChI=1S/C23H15N3O2/c1-27-23-12-18(21-11-17-5-2-16(14-25)10-20(17)26-21)6-9-22(23)28-19-7-3-15(13-24)4-8-19/h2-12,26H,1H3. The predicted molar refractivity (Wildman–Crippen MR) is 106 cm³/mol. The summed E-state index contributed by atoms with van der Waals surface area (Å²) in [6.07, 6.45) is 0. The fraction of sp³-hybridized carbons (Fsp3) is 0.0435. The number of hydrogen-bond donors (Lipinski definition) is 1. The molecule has 0 aliphatic heterocycles. The second-order valence-electron chi connectivity index (χ2n) is 6.20. The van der Waals surface area contributed by atoms with Gasteiger partial charge in [0.1, 0.15) is 5.75 Å². The maximum Gasteiger partial charge on any atom is 0.169 e. The average Bonchev–Trinajstić information content (AvgIpc) is 3.17. The van der Waals surface area contributed by atoms with Crippen molar-refractivity contribution in [1.29, 1.82) is 10.5 Å². The van der Waals surface area contributed by atoms with Crippen molar-refractivity contribution in [1.82, 2.24) is 4.98 Å². The summed E-state index contributed by atoms with van der Waals surface area (Å²) in [5, 5.41) is 19.0. The normalized spacial score (nSPS) is 10.2. The number of aromatic nitrogens is 1. The third-order valence-electron chi connectivity index (χ3n) is 4.44. The molecule has 134 valence electrons. The Balaban J connectivity index is 1.66. The molecule has 0 aliphatic carbocycles. The van der Waals surface area contributed by atoms with E-state index in [1.54, 1.807) is 37.4 Å². The number of H-pyrrole nitrogens is 1.